The Morgan fingerprint density at radius 2 is 2.10 bits per heavy atom. The smallest absolute Gasteiger partial charge is 0.232 e. The summed E-state index contributed by atoms with van der Waals surface area (Å²) in [7, 11) is 1.70. The van der Waals surface area contributed by atoms with Crippen molar-refractivity contribution in [3.8, 4) is 5.69 Å². The molecule has 0 saturated carbocycles. The number of aromatic nitrogens is 3. The van der Waals surface area contributed by atoms with E-state index in [9.17, 15) is 4.79 Å². The van der Waals surface area contributed by atoms with Crippen LogP contribution in [0, 0.1) is 5.41 Å². The second-order valence-electron chi connectivity index (χ2n) is 5.58. The molecule has 0 spiro atoms. The van der Waals surface area contributed by atoms with Gasteiger partial charge < -0.3 is 4.90 Å². The molecule has 2 heterocycles. The van der Waals surface area contributed by atoms with Crippen molar-refractivity contribution in [2.24, 2.45) is 5.41 Å². The summed E-state index contributed by atoms with van der Waals surface area (Å²) < 4.78 is 1.61. The van der Waals surface area contributed by atoms with Crippen molar-refractivity contribution in [1.82, 2.24) is 14.8 Å². The number of hydrogen-bond donors (Lipinski definition) is 0. The largest absolute Gasteiger partial charge is 0.311 e. The van der Waals surface area contributed by atoms with E-state index in [1.54, 1.807) is 30.3 Å². The third kappa shape index (κ3) is 2.82. The van der Waals surface area contributed by atoms with Crippen molar-refractivity contribution in [2.45, 2.75) is 20.8 Å². The van der Waals surface area contributed by atoms with Gasteiger partial charge in [-0.05, 0) is 12.1 Å². The van der Waals surface area contributed by atoms with E-state index in [4.69, 9.17) is 11.6 Å². The molecule has 2 aromatic rings. The van der Waals surface area contributed by atoms with Crippen LogP contribution < -0.4 is 4.90 Å². The first kappa shape index (κ1) is 14.5. The van der Waals surface area contributed by atoms with E-state index in [0.29, 0.717) is 5.69 Å². The third-order valence-electron chi connectivity index (χ3n) is 2.87. The van der Waals surface area contributed by atoms with Gasteiger partial charge in [-0.3, -0.25) is 9.78 Å². The predicted molar refractivity (Wildman–Crippen MR) is 79.2 cm³/mol. The molecule has 0 N–H and O–H groups in total. The highest BCUT2D eigenvalue weighted by Crippen LogP contribution is 2.28. The summed E-state index contributed by atoms with van der Waals surface area (Å²) in [6, 6.07) is 3.68. The van der Waals surface area contributed by atoms with Gasteiger partial charge in [0.1, 0.15) is 5.69 Å². The quantitative estimate of drug-likeness (QED) is 0.855. The highest BCUT2D eigenvalue weighted by molar-refractivity contribution is 6.32. The SMILES string of the molecule is CN(C(=O)C(C)(C)C)c1cn(-c2cccnc2)nc1Cl. The molecule has 5 nitrogen and oxygen atoms in total. The maximum Gasteiger partial charge on any atom is 0.232 e. The Morgan fingerprint density at radius 1 is 1.40 bits per heavy atom. The van der Waals surface area contributed by atoms with Crippen LogP contribution in [0.1, 0.15) is 20.8 Å². The Bertz CT molecular complexity index is 616. The van der Waals surface area contributed by atoms with Gasteiger partial charge in [-0.2, -0.15) is 5.10 Å². The maximum absolute atomic E-state index is 12.3. The van der Waals surface area contributed by atoms with E-state index >= 15 is 0 Å². The molecule has 0 aromatic carbocycles. The zero-order valence-electron chi connectivity index (χ0n) is 12.0. The lowest BCUT2D eigenvalue weighted by atomic mass is 9.95. The zero-order chi connectivity index (χ0) is 14.9. The summed E-state index contributed by atoms with van der Waals surface area (Å²) in [4.78, 5) is 17.8. The van der Waals surface area contributed by atoms with Gasteiger partial charge in [0, 0.05) is 18.7 Å². The van der Waals surface area contributed by atoms with Gasteiger partial charge in [0.15, 0.2) is 5.15 Å². The molecule has 2 aromatic heterocycles. The highest BCUT2D eigenvalue weighted by Gasteiger charge is 2.28. The molecule has 0 unspecified atom stereocenters. The first-order chi connectivity index (χ1) is 9.30. The minimum Gasteiger partial charge on any atom is -0.311 e. The number of amides is 1. The molecule has 0 radical (unpaired) electrons. The monoisotopic (exact) mass is 292 g/mol. The van der Waals surface area contributed by atoms with Crippen LogP contribution in [-0.2, 0) is 4.79 Å². The Balaban J connectivity index is 2.36. The van der Waals surface area contributed by atoms with E-state index in [1.807, 2.05) is 32.9 Å². The minimum atomic E-state index is -0.478. The third-order valence-corrected chi connectivity index (χ3v) is 3.14. The Kier molecular flexibility index (Phi) is 3.81. The molecule has 6 heteroatoms. The first-order valence-electron chi connectivity index (χ1n) is 6.24. The number of hydrogen-bond acceptors (Lipinski definition) is 3. The van der Waals surface area contributed by atoms with Crippen LogP contribution in [0.15, 0.2) is 30.7 Å². The summed E-state index contributed by atoms with van der Waals surface area (Å²) in [6.07, 6.45) is 5.09. The molecule has 20 heavy (non-hydrogen) atoms. The molecule has 2 rings (SSSR count). The number of carbonyl (C=O) groups excluding carboxylic acids is 1. The van der Waals surface area contributed by atoms with E-state index in [2.05, 4.69) is 10.1 Å². The molecular formula is C14H17ClN4O. The molecule has 1 amide bonds. The zero-order valence-corrected chi connectivity index (χ0v) is 12.7. The van der Waals surface area contributed by atoms with Crippen molar-refractivity contribution in [3.05, 3.63) is 35.9 Å². The second kappa shape index (κ2) is 5.25. The van der Waals surface area contributed by atoms with Crippen LogP contribution in [0.2, 0.25) is 5.15 Å². The maximum atomic E-state index is 12.3. The molecule has 0 aliphatic rings. The van der Waals surface area contributed by atoms with E-state index in [-0.39, 0.29) is 11.1 Å². The van der Waals surface area contributed by atoms with Crippen molar-refractivity contribution in [3.63, 3.8) is 0 Å². The van der Waals surface area contributed by atoms with E-state index in [1.165, 1.54) is 4.90 Å². The van der Waals surface area contributed by atoms with Crippen molar-refractivity contribution in [2.75, 3.05) is 11.9 Å². The molecule has 106 valence electrons. The van der Waals surface area contributed by atoms with Crippen LogP contribution in [0.4, 0.5) is 5.69 Å². The number of pyridine rings is 1. The van der Waals surface area contributed by atoms with E-state index in [0.717, 1.165) is 5.69 Å². The lowest BCUT2D eigenvalue weighted by Gasteiger charge is -2.24. The summed E-state index contributed by atoms with van der Waals surface area (Å²) in [6.45, 7) is 5.60. The number of nitrogens with zero attached hydrogens (tertiary/aromatic N) is 4. The minimum absolute atomic E-state index is 0.0230. The fraction of sp³-hybridized carbons (Fsp3) is 0.357. The molecule has 0 fully saturated rings. The van der Waals surface area contributed by atoms with Crippen LogP contribution in [0.3, 0.4) is 0 Å². The summed E-state index contributed by atoms with van der Waals surface area (Å²) in [5, 5.41) is 4.50. The van der Waals surface area contributed by atoms with Gasteiger partial charge >= 0.3 is 0 Å². The number of carbonyl (C=O) groups is 1. The first-order valence-corrected chi connectivity index (χ1v) is 6.62. The van der Waals surface area contributed by atoms with E-state index < -0.39 is 5.41 Å². The van der Waals surface area contributed by atoms with Crippen LogP contribution in [-0.4, -0.2) is 27.7 Å². The van der Waals surface area contributed by atoms with Gasteiger partial charge in [0.05, 0.1) is 18.1 Å². The van der Waals surface area contributed by atoms with Gasteiger partial charge in [-0.25, -0.2) is 4.68 Å². The highest BCUT2D eigenvalue weighted by atomic mass is 35.5. The summed E-state index contributed by atoms with van der Waals surface area (Å²) >= 11 is 6.14. The van der Waals surface area contributed by atoms with Crippen molar-refractivity contribution in [1.29, 1.82) is 0 Å². The van der Waals surface area contributed by atoms with Crippen LogP contribution in [0.25, 0.3) is 5.69 Å². The Morgan fingerprint density at radius 3 is 2.65 bits per heavy atom. The van der Waals surface area contributed by atoms with Crippen molar-refractivity contribution >= 4 is 23.2 Å². The normalized spacial score (nSPS) is 11.4. The molecule has 0 atom stereocenters. The fourth-order valence-electron chi connectivity index (χ4n) is 1.80. The van der Waals surface area contributed by atoms with Crippen LogP contribution >= 0.6 is 11.6 Å². The van der Waals surface area contributed by atoms with Gasteiger partial charge in [-0.1, -0.05) is 32.4 Å². The van der Waals surface area contributed by atoms with Gasteiger partial charge in [0.2, 0.25) is 5.91 Å². The number of anilines is 1. The summed E-state index contributed by atoms with van der Waals surface area (Å²) in [5.41, 5.74) is 0.891. The average molecular weight is 293 g/mol. The molecule has 0 saturated heterocycles. The van der Waals surface area contributed by atoms with Gasteiger partial charge in [0.25, 0.3) is 0 Å². The predicted octanol–water partition coefficient (Wildman–Crippen LogP) is 2.93. The number of rotatable bonds is 2. The second-order valence-corrected chi connectivity index (χ2v) is 5.93. The standard InChI is InChI=1S/C14H17ClN4O/c1-14(2,3)13(20)18(4)11-9-19(17-12(11)15)10-6-5-7-16-8-10/h5-9H,1-4H3. The molecule has 0 aliphatic carbocycles. The van der Waals surface area contributed by atoms with Gasteiger partial charge in [-0.15, -0.1) is 0 Å². The lowest BCUT2D eigenvalue weighted by Crippen LogP contribution is -2.36. The van der Waals surface area contributed by atoms with Crippen LogP contribution in [0.5, 0.6) is 0 Å². The number of halogens is 1. The Hall–Kier alpha value is -1.88. The topological polar surface area (TPSA) is 51.0 Å². The average Bonchev–Trinajstić information content (AvgIpc) is 2.79. The lowest BCUT2D eigenvalue weighted by molar-refractivity contribution is -0.125. The molecular weight excluding hydrogens is 276 g/mol. The Labute approximate surface area is 123 Å². The summed E-state index contributed by atoms with van der Waals surface area (Å²) in [5.74, 6) is -0.0230. The fourth-order valence-corrected chi connectivity index (χ4v) is 2.06. The van der Waals surface area contributed by atoms with Crippen molar-refractivity contribution < 1.29 is 4.79 Å². The molecule has 0 aliphatic heterocycles. The molecule has 0 bridgehead atoms.